The highest BCUT2D eigenvalue weighted by Gasteiger charge is 2.09. The zero-order valence-corrected chi connectivity index (χ0v) is 11.8. The van der Waals surface area contributed by atoms with Crippen LogP contribution in [0.4, 0.5) is 11.4 Å². The fourth-order valence-corrected chi connectivity index (χ4v) is 1.68. The van der Waals surface area contributed by atoms with Crippen molar-refractivity contribution in [3.05, 3.63) is 18.2 Å². The number of nitrogens with two attached hydrogens (primary N) is 1. The van der Waals surface area contributed by atoms with Crippen LogP contribution in [0, 0.1) is 11.3 Å². The van der Waals surface area contributed by atoms with Crippen LogP contribution in [0.3, 0.4) is 0 Å². The van der Waals surface area contributed by atoms with Gasteiger partial charge in [-0.2, -0.15) is 5.26 Å². The summed E-state index contributed by atoms with van der Waals surface area (Å²) in [6.07, 6.45) is 0.807. The molecule has 0 aromatic heterocycles. The molecule has 3 N–H and O–H groups in total. The van der Waals surface area contributed by atoms with Gasteiger partial charge in [-0.25, -0.2) is 0 Å². The van der Waals surface area contributed by atoms with Gasteiger partial charge in [-0.1, -0.05) is 0 Å². The molecule has 1 rings (SSSR count). The van der Waals surface area contributed by atoms with E-state index in [0.717, 1.165) is 0 Å². The molecular weight excluding hydrogens is 256 g/mol. The lowest BCUT2D eigenvalue weighted by atomic mass is 10.2. The summed E-state index contributed by atoms with van der Waals surface area (Å²) in [7, 11) is 3.42. The lowest BCUT2D eigenvalue weighted by Crippen LogP contribution is -2.25. The molecule has 20 heavy (non-hydrogen) atoms. The minimum Gasteiger partial charge on any atom is -0.495 e. The van der Waals surface area contributed by atoms with Crippen molar-refractivity contribution >= 4 is 17.3 Å². The van der Waals surface area contributed by atoms with Crippen LogP contribution in [0.15, 0.2) is 18.2 Å². The quantitative estimate of drug-likeness (QED) is 0.735. The van der Waals surface area contributed by atoms with Crippen molar-refractivity contribution in [2.24, 2.45) is 0 Å². The average molecular weight is 276 g/mol. The maximum Gasteiger partial charge on any atom is 0.225 e. The number of methoxy groups -OCH3 is 1. The van der Waals surface area contributed by atoms with Crippen molar-refractivity contribution in [3.8, 4) is 11.8 Å². The summed E-state index contributed by atoms with van der Waals surface area (Å²) < 4.78 is 5.16. The van der Waals surface area contributed by atoms with Gasteiger partial charge in [0, 0.05) is 31.6 Å². The summed E-state index contributed by atoms with van der Waals surface area (Å²) >= 11 is 0. The summed E-state index contributed by atoms with van der Waals surface area (Å²) in [6, 6.07) is 7.16. The van der Waals surface area contributed by atoms with E-state index in [9.17, 15) is 4.79 Å². The Morgan fingerprint density at radius 3 is 2.90 bits per heavy atom. The highest BCUT2D eigenvalue weighted by atomic mass is 16.5. The first-order chi connectivity index (χ1) is 9.56. The molecule has 0 unspecified atom stereocenters. The van der Waals surface area contributed by atoms with E-state index < -0.39 is 0 Å². The molecule has 0 bridgehead atoms. The number of carbonyl (C=O) groups excluding carboxylic acids is 1. The highest BCUT2D eigenvalue weighted by molar-refractivity contribution is 5.93. The average Bonchev–Trinajstić information content (AvgIpc) is 2.43. The van der Waals surface area contributed by atoms with Crippen LogP contribution in [0.25, 0.3) is 0 Å². The Bertz CT molecular complexity index is 496. The molecule has 0 atom stereocenters. The summed E-state index contributed by atoms with van der Waals surface area (Å²) in [5.41, 5.74) is 6.82. The zero-order chi connectivity index (χ0) is 15.0. The SMILES string of the molecule is COc1ccc(N)cc1NC(=O)CCN(C)CCC#N. The molecule has 0 aliphatic heterocycles. The molecule has 0 aliphatic rings. The largest absolute Gasteiger partial charge is 0.495 e. The van der Waals surface area contributed by atoms with Crippen LogP contribution < -0.4 is 15.8 Å². The van der Waals surface area contributed by atoms with E-state index in [0.29, 0.717) is 43.1 Å². The van der Waals surface area contributed by atoms with Gasteiger partial charge in [0.15, 0.2) is 0 Å². The lowest BCUT2D eigenvalue weighted by molar-refractivity contribution is -0.116. The van der Waals surface area contributed by atoms with Gasteiger partial charge in [-0.15, -0.1) is 0 Å². The van der Waals surface area contributed by atoms with E-state index in [-0.39, 0.29) is 5.91 Å². The molecule has 0 saturated heterocycles. The molecule has 0 spiro atoms. The van der Waals surface area contributed by atoms with Gasteiger partial charge in [0.25, 0.3) is 0 Å². The second-order valence-corrected chi connectivity index (χ2v) is 4.47. The molecule has 0 fully saturated rings. The molecule has 0 aliphatic carbocycles. The Kier molecular flexibility index (Phi) is 6.33. The Labute approximate surface area is 119 Å². The van der Waals surface area contributed by atoms with E-state index >= 15 is 0 Å². The first kappa shape index (κ1) is 15.8. The fourth-order valence-electron chi connectivity index (χ4n) is 1.68. The van der Waals surface area contributed by atoms with Gasteiger partial charge >= 0.3 is 0 Å². The molecular formula is C14H20N4O2. The summed E-state index contributed by atoms with van der Waals surface area (Å²) in [5, 5.41) is 11.3. The van der Waals surface area contributed by atoms with Crippen LogP contribution in [-0.4, -0.2) is 38.1 Å². The predicted molar refractivity (Wildman–Crippen MR) is 78.4 cm³/mol. The number of rotatable bonds is 7. The number of carbonyl (C=O) groups is 1. The molecule has 1 aromatic carbocycles. The molecule has 1 aromatic rings. The van der Waals surface area contributed by atoms with Gasteiger partial charge in [0.05, 0.1) is 18.9 Å². The molecule has 0 heterocycles. The highest BCUT2D eigenvalue weighted by Crippen LogP contribution is 2.26. The summed E-state index contributed by atoms with van der Waals surface area (Å²) in [4.78, 5) is 13.8. The van der Waals surface area contributed by atoms with Crippen LogP contribution in [0.1, 0.15) is 12.8 Å². The van der Waals surface area contributed by atoms with E-state index in [1.54, 1.807) is 18.2 Å². The van der Waals surface area contributed by atoms with Gasteiger partial charge in [-0.05, 0) is 25.2 Å². The van der Waals surface area contributed by atoms with Crippen LogP contribution in [0.2, 0.25) is 0 Å². The number of hydrogen-bond acceptors (Lipinski definition) is 5. The van der Waals surface area contributed by atoms with Gasteiger partial charge < -0.3 is 20.7 Å². The number of hydrogen-bond donors (Lipinski definition) is 2. The van der Waals surface area contributed by atoms with Gasteiger partial charge in [-0.3, -0.25) is 4.79 Å². The number of anilines is 2. The van der Waals surface area contributed by atoms with Crippen molar-refractivity contribution in [3.63, 3.8) is 0 Å². The van der Waals surface area contributed by atoms with Gasteiger partial charge in [0.1, 0.15) is 5.75 Å². The molecule has 6 nitrogen and oxygen atoms in total. The number of benzene rings is 1. The number of ether oxygens (including phenoxy) is 1. The standard InChI is InChI=1S/C14H20N4O2/c1-18(8-3-7-15)9-6-14(19)17-12-10-11(16)4-5-13(12)20-2/h4-5,10H,3,6,8-9,16H2,1-2H3,(H,17,19). The minimum atomic E-state index is -0.113. The monoisotopic (exact) mass is 276 g/mol. The molecule has 108 valence electrons. The number of nitrogens with one attached hydrogen (secondary N) is 1. The zero-order valence-electron chi connectivity index (χ0n) is 11.8. The topological polar surface area (TPSA) is 91.4 Å². The number of nitrogens with zero attached hydrogens (tertiary/aromatic N) is 2. The van der Waals surface area contributed by atoms with Gasteiger partial charge in [0.2, 0.25) is 5.91 Å². The van der Waals surface area contributed by atoms with Crippen molar-refractivity contribution in [1.29, 1.82) is 5.26 Å². The molecule has 1 amide bonds. The summed E-state index contributed by atoms with van der Waals surface area (Å²) in [6.45, 7) is 1.25. The third-order valence-electron chi connectivity index (χ3n) is 2.82. The molecule has 0 saturated carbocycles. The first-order valence-corrected chi connectivity index (χ1v) is 6.35. The Hall–Kier alpha value is -2.26. The van der Waals surface area contributed by atoms with Crippen LogP contribution in [0.5, 0.6) is 5.75 Å². The number of amides is 1. The number of nitriles is 1. The van der Waals surface area contributed by atoms with Crippen molar-refractivity contribution in [2.75, 3.05) is 38.3 Å². The second kappa shape index (κ2) is 8.02. The lowest BCUT2D eigenvalue weighted by Gasteiger charge is -2.15. The Morgan fingerprint density at radius 1 is 1.50 bits per heavy atom. The Balaban J connectivity index is 2.50. The molecule has 0 radical (unpaired) electrons. The third kappa shape index (κ3) is 5.16. The van der Waals surface area contributed by atoms with E-state index in [4.69, 9.17) is 15.7 Å². The van der Waals surface area contributed by atoms with Crippen LogP contribution >= 0.6 is 0 Å². The van der Waals surface area contributed by atoms with Crippen molar-refractivity contribution in [1.82, 2.24) is 4.90 Å². The second-order valence-electron chi connectivity index (χ2n) is 4.47. The normalized spacial score (nSPS) is 10.1. The van der Waals surface area contributed by atoms with E-state index in [2.05, 4.69) is 11.4 Å². The summed E-state index contributed by atoms with van der Waals surface area (Å²) in [5.74, 6) is 0.461. The van der Waals surface area contributed by atoms with Crippen molar-refractivity contribution < 1.29 is 9.53 Å². The van der Waals surface area contributed by atoms with E-state index in [1.807, 2.05) is 11.9 Å². The maximum absolute atomic E-state index is 11.9. The first-order valence-electron chi connectivity index (χ1n) is 6.35. The Morgan fingerprint density at radius 2 is 2.25 bits per heavy atom. The van der Waals surface area contributed by atoms with Crippen LogP contribution in [-0.2, 0) is 4.79 Å². The fraction of sp³-hybridized carbons (Fsp3) is 0.429. The third-order valence-corrected chi connectivity index (χ3v) is 2.82. The smallest absolute Gasteiger partial charge is 0.225 e. The van der Waals surface area contributed by atoms with E-state index in [1.165, 1.54) is 7.11 Å². The predicted octanol–water partition coefficient (Wildman–Crippen LogP) is 1.45. The number of nitrogen functional groups attached to an aromatic ring is 1. The minimum absolute atomic E-state index is 0.113. The molecule has 6 heteroatoms. The van der Waals surface area contributed by atoms with Crippen molar-refractivity contribution in [2.45, 2.75) is 12.8 Å². The maximum atomic E-state index is 11.9.